The van der Waals surface area contributed by atoms with Gasteiger partial charge in [0.25, 0.3) is 0 Å². The summed E-state index contributed by atoms with van der Waals surface area (Å²) < 4.78 is 5.74. The quantitative estimate of drug-likeness (QED) is 0.330. The van der Waals surface area contributed by atoms with Crippen molar-refractivity contribution in [2.24, 2.45) is 5.92 Å². The molecule has 1 fully saturated rings. The molecule has 1 aliphatic rings. The molecule has 3 aromatic rings. The van der Waals surface area contributed by atoms with E-state index < -0.39 is 0 Å². The van der Waals surface area contributed by atoms with Crippen LogP contribution in [0.15, 0.2) is 94.7 Å². The molecular formula is C24H25NOS2. The van der Waals surface area contributed by atoms with Crippen LogP contribution in [0.4, 0.5) is 5.69 Å². The van der Waals surface area contributed by atoms with Crippen LogP contribution in [0.3, 0.4) is 0 Å². The molecule has 2 nitrogen and oxygen atoms in total. The topological polar surface area (TPSA) is 12.5 Å². The number of rotatable bonds is 7. The SMILES string of the molecule is COc1ccc(N2C[C@@H](C)[C@@H]2C(Sc2ccccc2)Sc2ccccc2)cc1. The van der Waals surface area contributed by atoms with Crippen molar-refractivity contribution in [3.63, 3.8) is 0 Å². The number of nitrogens with zero attached hydrogens (tertiary/aromatic N) is 1. The molecule has 0 radical (unpaired) electrons. The maximum absolute atomic E-state index is 5.33. The summed E-state index contributed by atoms with van der Waals surface area (Å²) in [5.41, 5.74) is 1.27. The van der Waals surface area contributed by atoms with Crippen LogP contribution in [0.5, 0.6) is 5.75 Å². The fraction of sp³-hybridized carbons (Fsp3) is 0.250. The summed E-state index contributed by atoms with van der Waals surface area (Å²) in [4.78, 5) is 5.19. The van der Waals surface area contributed by atoms with Crippen LogP contribution in [-0.2, 0) is 0 Å². The standard InChI is InChI=1S/C24H25NOS2/c1-18-17-25(19-13-15-20(26-2)16-14-19)23(18)24(27-21-9-5-3-6-10-21)28-22-11-7-4-8-12-22/h3-16,18,23-24H,17H2,1-2H3/t18-,23-/m1/s1. The third-order valence-electron chi connectivity index (χ3n) is 5.10. The minimum atomic E-state index is 0.413. The first-order valence-corrected chi connectivity index (χ1v) is 11.3. The van der Waals surface area contributed by atoms with Crippen molar-refractivity contribution in [2.45, 2.75) is 27.3 Å². The summed E-state index contributed by atoms with van der Waals surface area (Å²) in [6.07, 6.45) is 0. The van der Waals surface area contributed by atoms with Crippen molar-refractivity contribution in [3.8, 4) is 5.75 Å². The third-order valence-corrected chi connectivity index (χ3v) is 7.79. The molecule has 0 amide bonds. The molecule has 1 aliphatic heterocycles. The number of anilines is 1. The molecule has 0 bridgehead atoms. The van der Waals surface area contributed by atoms with Gasteiger partial charge < -0.3 is 9.64 Å². The highest BCUT2D eigenvalue weighted by atomic mass is 32.2. The van der Waals surface area contributed by atoms with E-state index in [4.69, 9.17) is 4.74 Å². The predicted octanol–water partition coefficient (Wildman–Crippen LogP) is 6.43. The van der Waals surface area contributed by atoms with Crippen molar-refractivity contribution in [1.29, 1.82) is 0 Å². The Balaban J connectivity index is 1.59. The van der Waals surface area contributed by atoms with Gasteiger partial charge >= 0.3 is 0 Å². The van der Waals surface area contributed by atoms with Crippen molar-refractivity contribution < 1.29 is 4.74 Å². The molecule has 3 aromatic carbocycles. The molecule has 4 rings (SSSR count). The zero-order chi connectivity index (χ0) is 19.3. The van der Waals surface area contributed by atoms with E-state index in [0.717, 1.165) is 12.3 Å². The molecule has 4 heteroatoms. The van der Waals surface area contributed by atoms with Gasteiger partial charge in [-0.05, 0) is 54.4 Å². The molecule has 0 saturated carbocycles. The number of methoxy groups -OCH3 is 1. The normalized spacial score (nSPS) is 18.8. The largest absolute Gasteiger partial charge is 0.497 e. The highest BCUT2D eigenvalue weighted by Crippen LogP contribution is 2.46. The molecular weight excluding hydrogens is 382 g/mol. The second-order valence-electron chi connectivity index (χ2n) is 7.05. The second-order valence-corrected chi connectivity index (χ2v) is 9.78. The van der Waals surface area contributed by atoms with E-state index >= 15 is 0 Å². The molecule has 2 atom stereocenters. The van der Waals surface area contributed by atoms with Gasteiger partial charge in [0.2, 0.25) is 0 Å². The highest BCUT2D eigenvalue weighted by Gasteiger charge is 2.42. The summed E-state index contributed by atoms with van der Waals surface area (Å²) >= 11 is 3.95. The van der Waals surface area contributed by atoms with Crippen LogP contribution in [0.2, 0.25) is 0 Å². The van der Waals surface area contributed by atoms with E-state index in [0.29, 0.717) is 16.5 Å². The first-order valence-electron chi connectivity index (χ1n) is 9.59. The van der Waals surface area contributed by atoms with Gasteiger partial charge in [0.05, 0.1) is 17.7 Å². The number of thioether (sulfide) groups is 2. The maximum Gasteiger partial charge on any atom is 0.119 e. The van der Waals surface area contributed by atoms with Crippen LogP contribution < -0.4 is 9.64 Å². The van der Waals surface area contributed by atoms with Gasteiger partial charge in [0.1, 0.15) is 5.75 Å². The second kappa shape index (κ2) is 8.97. The minimum Gasteiger partial charge on any atom is -0.497 e. The zero-order valence-electron chi connectivity index (χ0n) is 16.2. The van der Waals surface area contributed by atoms with E-state index in [1.807, 2.05) is 23.5 Å². The van der Waals surface area contributed by atoms with Gasteiger partial charge in [-0.1, -0.05) is 43.3 Å². The van der Waals surface area contributed by atoms with Crippen molar-refractivity contribution in [1.82, 2.24) is 0 Å². The van der Waals surface area contributed by atoms with E-state index in [-0.39, 0.29) is 0 Å². The van der Waals surface area contributed by atoms with Crippen molar-refractivity contribution in [3.05, 3.63) is 84.9 Å². The van der Waals surface area contributed by atoms with Gasteiger partial charge in [-0.2, -0.15) is 0 Å². The number of ether oxygens (including phenoxy) is 1. The Hall–Kier alpha value is -2.04. The maximum atomic E-state index is 5.33. The van der Waals surface area contributed by atoms with E-state index in [2.05, 4.69) is 96.8 Å². The van der Waals surface area contributed by atoms with E-state index in [9.17, 15) is 0 Å². The Labute approximate surface area is 176 Å². The van der Waals surface area contributed by atoms with E-state index in [1.54, 1.807) is 7.11 Å². The van der Waals surface area contributed by atoms with Crippen LogP contribution in [0.25, 0.3) is 0 Å². The number of hydrogen-bond acceptors (Lipinski definition) is 4. The number of benzene rings is 3. The van der Waals surface area contributed by atoms with Crippen LogP contribution in [0, 0.1) is 5.92 Å². The van der Waals surface area contributed by atoms with Gasteiger partial charge in [-0.15, -0.1) is 23.5 Å². The molecule has 144 valence electrons. The van der Waals surface area contributed by atoms with Gasteiger partial charge in [0, 0.05) is 22.0 Å². The minimum absolute atomic E-state index is 0.413. The van der Waals surface area contributed by atoms with Crippen LogP contribution >= 0.6 is 23.5 Å². The average molecular weight is 408 g/mol. The Morgan fingerprint density at radius 3 is 1.82 bits per heavy atom. The lowest BCUT2D eigenvalue weighted by molar-refractivity contribution is 0.336. The summed E-state index contributed by atoms with van der Waals surface area (Å²) in [5.74, 6) is 1.56. The third kappa shape index (κ3) is 4.34. The van der Waals surface area contributed by atoms with Gasteiger partial charge in [-0.3, -0.25) is 0 Å². The lowest BCUT2D eigenvalue weighted by atomic mass is 9.91. The van der Waals surface area contributed by atoms with Gasteiger partial charge in [0.15, 0.2) is 0 Å². The summed E-state index contributed by atoms with van der Waals surface area (Å²) in [6, 6.07) is 30.4. The smallest absolute Gasteiger partial charge is 0.119 e. The predicted molar refractivity (Wildman–Crippen MR) is 122 cm³/mol. The summed E-state index contributed by atoms with van der Waals surface area (Å²) in [6.45, 7) is 3.47. The molecule has 0 aliphatic carbocycles. The Morgan fingerprint density at radius 1 is 0.821 bits per heavy atom. The molecule has 1 heterocycles. The average Bonchev–Trinajstić information content (AvgIpc) is 2.73. The Morgan fingerprint density at radius 2 is 1.36 bits per heavy atom. The highest BCUT2D eigenvalue weighted by molar-refractivity contribution is 8.17. The fourth-order valence-corrected chi connectivity index (χ4v) is 6.74. The Bertz CT molecular complexity index is 829. The molecule has 0 unspecified atom stereocenters. The van der Waals surface area contributed by atoms with Gasteiger partial charge in [-0.25, -0.2) is 0 Å². The molecule has 0 aromatic heterocycles. The van der Waals surface area contributed by atoms with Crippen LogP contribution in [-0.4, -0.2) is 24.3 Å². The lowest BCUT2D eigenvalue weighted by Crippen LogP contribution is -2.59. The summed E-state index contributed by atoms with van der Waals surface area (Å²) in [7, 11) is 1.71. The first-order chi connectivity index (χ1) is 13.7. The first kappa shape index (κ1) is 19.3. The molecule has 0 N–H and O–H groups in total. The summed E-state index contributed by atoms with van der Waals surface area (Å²) in [5, 5.41) is 0. The number of hydrogen-bond donors (Lipinski definition) is 0. The molecule has 28 heavy (non-hydrogen) atoms. The van der Waals surface area contributed by atoms with Crippen molar-refractivity contribution in [2.75, 3.05) is 18.6 Å². The monoisotopic (exact) mass is 407 g/mol. The molecule has 0 spiro atoms. The van der Waals surface area contributed by atoms with Crippen molar-refractivity contribution >= 4 is 29.2 Å². The zero-order valence-corrected chi connectivity index (χ0v) is 17.8. The Kier molecular flexibility index (Phi) is 6.18. The van der Waals surface area contributed by atoms with E-state index in [1.165, 1.54) is 15.5 Å². The molecule has 1 saturated heterocycles. The fourth-order valence-electron chi connectivity index (χ4n) is 3.61. The van der Waals surface area contributed by atoms with Crippen LogP contribution in [0.1, 0.15) is 6.92 Å². The lowest BCUT2D eigenvalue weighted by Gasteiger charge is -2.51.